The number of esters is 1. The van der Waals surface area contributed by atoms with Crippen molar-refractivity contribution in [2.75, 3.05) is 0 Å². The number of phenolic OH excluding ortho intramolecular Hbond substituents is 2. The summed E-state index contributed by atoms with van der Waals surface area (Å²) in [5.41, 5.74) is 0.237. The molecule has 1 atom stereocenters. The highest BCUT2D eigenvalue weighted by Gasteiger charge is 2.26. The standard InChI is InChI=1S/C14H14O6/c1-7-3-9(15)5-11(17)13(7)14(18)20-12-6-19-8(2)4-10(12)16/h3,5-6,8,15,17H,4H2,1-2H3/t8-/m1/s1. The number of allylic oxidation sites excluding steroid dienone is 1. The highest BCUT2D eigenvalue weighted by molar-refractivity contribution is 6.01. The van der Waals surface area contributed by atoms with E-state index in [1.54, 1.807) is 6.92 Å². The molecule has 0 radical (unpaired) electrons. The fraction of sp³-hybridized carbons (Fsp3) is 0.286. The Kier molecular flexibility index (Phi) is 3.65. The van der Waals surface area contributed by atoms with E-state index >= 15 is 0 Å². The normalized spacial score (nSPS) is 18.2. The second kappa shape index (κ2) is 5.24. The molecule has 20 heavy (non-hydrogen) atoms. The lowest BCUT2D eigenvalue weighted by Gasteiger charge is -2.18. The van der Waals surface area contributed by atoms with Crippen LogP contribution in [0, 0.1) is 6.92 Å². The van der Waals surface area contributed by atoms with E-state index in [1.165, 1.54) is 13.0 Å². The minimum Gasteiger partial charge on any atom is -0.508 e. The number of aromatic hydroxyl groups is 2. The zero-order valence-electron chi connectivity index (χ0n) is 11.0. The Balaban J connectivity index is 2.23. The first-order chi connectivity index (χ1) is 9.38. The second-order valence-electron chi connectivity index (χ2n) is 4.60. The Morgan fingerprint density at radius 3 is 2.70 bits per heavy atom. The molecular weight excluding hydrogens is 264 g/mol. The third-order valence-corrected chi connectivity index (χ3v) is 2.86. The van der Waals surface area contributed by atoms with Crippen LogP contribution in [0.15, 0.2) is 24.2 Å². The van der Waals surface area contributed by atoms with Crippen molar-refractivity contribution in [3.8, 4) is 11.5 Å². The Morgan fingerprint density at radius 2 is 2.10 bits per heavy atom. The van der Waals surface area contributed by atoms with E-state index in [0.29, 0.717) is 5.56 Å². The highest BCUT2D eigenvalue weighted by Crippen LogP contribution is 2.28. The molecule has 0 saturated carbocycles. The molecule has 0 aromatic heterocycles. The first-order valence-electron chi connectivity index (χ1n) is 6.02. The van der Waals surface area contributed by atoms with Gasteiger partial charge in [0.1, 0.15) is 29.4 Å². The number of ether oxygens (including phenoxy) is 2. The molecule has 1 aliphatic rings. The molecule has 0 bridgehead atoms. The lowest BCUT2D eigenvalue weighted by Crippen LogP contribution is -2.22. The Labute approximate surface area is 115 Å². The molecule has 1 heterocycles. The maximum Gasteiger partial charge on any atom is 0.347 e. The molecule has 0 spiro atoms. The maximum absolute atomic E-state index is 12.0. The van der Waals surface area contributed by atoms with Crippen molar-refractivity contribution in [3.63, 3.8) is 0 Å². The van der Waals surface area contributed by atoms with Gasteiger partial charge in [-0.15, -0.1) is 0 Å². The van der Waals surface area contributed by atoms with Crippen molar-refractivity contribution >= 4 is 11.8 Å². The molecule has 6 nitrogen and oxygen atoms in total. The lowest BCUT2D eigenvalue weighted by atomic mass is 10.1. The van der Waals surface area contributed by atoms with Gasteiger partial charge in [-0.25, -0.2) is 4.79 Å². The van der Waals surface area contributed by atoms with E-state index in [2.05, 4.69) is 0 Å². The number of phenols is 2. The number of carbonyl (C=O) groups is 2. The number of benzene rings is 1. The van der Waals surface area contributed by atoms with E-state index in [4.69, 9.17) is 9.47 Å². The first kappa shape index (κ1) is 13.9. The van der Waals surface area contributed by atoms with Gasteiger partial charge >= 0.3 is 5.97 Å². The summed E-state index contributed by atoms with van der Waals surface area (Å²) < 4.78 is 10.1. The lowest BCUT2D eigenvalue weighted by molar-refractivity contribution is -0.122. The van der Waals surface area contributed by atoms with Gasteiger partial charge in [0.2, 0.25) is 11.5 Å². The van der Waals surface area contributed by atoms with Gasteiger partial charge in [-0.2, -0.15) is 0 Å². The maximum atomic E-state index is 12.0. The molecule has 2 rings (SSSR count). The number of Topliss-reactive ketones (excluding diaryl/α,β-unsaturated/α-hetero) is 1. The van der Waals surface area contributed by atoms with Crippen LogP contribution in [0.5, 0.6) is 11.5 Å². The SMILES string of the molecule is Cc1cc(O)cc(O)c1C(=O)OC1=CO[C@H](C)CC1=O. The Morgan fingerprint density at radius 1 is 1.40 bits per heavy atom. The molecule has 1 aromatic carbocycles. The van der Waals surface area contributed by atoms with Crippen molar-refractivity contribution in [2.45, 2.75) is 26.4 Å². The summed E-state index contributed by atoms with van der Waals surface area (Å²) in [7, 11) is 0. The average molecular weight is 278 g/mol. The minimum absolute atomic E-state index is 0.102. The number of hydrogen-bond acceptors (Lipinski definition) is 6. The van der Waals surface area contributed by atoms with Crippen molar-refractivity contribution in [3.05, 3.63) is 35.3 Å². The number of rotatable bonds is 2. The minimum atomic E-state index is -0.877. The van der Waals surface area contributed by atoms with Crippen LogP contribution in [0.3, 0.4) is 0 Å². The zero-order valence-corrected chi connectivity index (χ0v) is 11.0. The largest absolute Gasteiger partial charge is 0.508 e. The third kappa shape index (κ3) is 2.74. The van der Waals surface area contributed by atoms with E-state index in [1.807, 2.05) is 0 Å². The molecule has 0 unspecified atom stereocenters. The Bertz CT molecular complexity index is 579. The predicted molar refractivity (Wildman–Crippen MR) is 68.2 cm³/mol. The molecule has 0 saturated heterocycles. The molecule has 0 aliphatic carbocycles. The summed E-state index contributed by atoms with van der Waals surface area (Å²) in [6.07, 6.45) is 0.967. The molecule has 6 heteroatoms. The molecule has 2 N–H and O–H groups in total. The Hall–Kier alpha value is -2.50. The molecule has 0 fully saturated rings. The average Bonchev–Trinajstić information content (AvgIpc) is 2.31. The highest BCUT2D eigenvalue weighted by atomic mass is 16.6. The van der Waals surface area contributed by atoms with E-state index in [0.717, 1.165) is 12.3 Å². The monoisotopic (exact) mass is 278 g/mol. The third-order valence-electron chi connectivity index (χ3n) is 2.86. The van der Waals surface area contributed by atoms with Crippen molar-refractivity contribution < 1.29 is 29.3 Å². The first-order valence-corrected chi connectivity index (χ1v) is 6.02. The molecule has 1 aromatic rings. The summed E-state index contributed by atoms with van der Waals surface area (Å²) in [5, 5.41) is 19.0. The van der Waals surface area contributed by atoms with Crippen LogP contribution in [-0.4, -0.2) is 28.1 Å². The van der Waals surface area contributed by atoms with E-state index in [-0.39, 0.29) is 35.4 Å². The molecular formula is C14H14O6. The number of carbonyl (C=O) groups excluding carboxylic acids is 2. The summed E-state index contributed by atoms with van der Waals surface area (Å²) in [4.78, 5) is 23.6. The number of ketones is 1. The van der Waals surface area contributed by atoms with Crippen LogP contribution in [0.1, 0.15) is 29.3 Å². The topological polar surface area (TPSA) is 93.1 Å². The van der Waals surface area contributed by atoms with Gasteiger partial charge in [-0.1, -0.05) is 0 Å². The smallest absolute Gasteiger partial charge is 0.347 e. The van der Waals surface area contributed by atoms with Crippen molar-refractivity contribution in [1.82, 2.24) is 0 Å². The molecule has 106 valence electrons. The summed E-state index contributed by atoms with van der Waals surface area (Å²) in [5.74, 6) is -1.99. The van der Waals surface area contributed by atoms with Gasteiger partial charge in [0.05, 0.1) is 6.42 Å². The summed E-state index contributed by atoms with van der Waals surface area (Å²) in [6.45, 7) is 3.26. The van der Waals surface area contributed by atoms with Crippen LogP contribution >= 0.6 is 0 Å². The number of hydrogen-bond donors (Lipinski definition) is 2. The van der Waals surface area contributed by atoms with Crippen LogP contribution in [0.4, 0.5) is 0 Å². The molecule has 0 amide bonds. The number of aryl methyl sites for hydroxylation is 1. The van der Waals surface area contributed by atoms with Gasteiger partial charge in [0.25, 0.3) is 0 Å². The summed E-state index contributed by atoms with van der Waals surface area (Å²) >= 11 is 0. The fourth-order valence-corrected chi connectivity index (χ4v) is 1.90. The molecule has 1 aliphatic heterocycles. The van der Waals surface area contributed by atoms with Gasteiger partial charge in [0.15, 0.2) is 0 Å². The second-order valence-corrected chi connectivity index (χ2v) is 4.60. The van der Waals surface area contributed by atoms with Crippen LogP contribution in [0.25, 0.3) is 0 Å². The van der Waals surface area contributed by atoms with Crippen LogP contribution < -0.4 is 0 Å². The van der Waals surface area contributed by atoms with Gasteiger partial charge < -0.3 is 19.7 Å². The summed E-state index contributed by atoms with van der Waals surface area (Å²) in [6, 6.07) is 2.34. The predicted octanol–water partition coefficient (Wildman–Crippen LogP) is 1.78. The van der Waals surface area contributed by atoms with Gasteiger partial charge in [-0.05, 0) is 25.5 Å². The fourth-order valence-electron chi connectivity index (χ4n) is 1.90. The van der Waals surface area contributed by atoms with Gasteiger partial charge in [-0.3, -0.25) is 4.79 Å². The van der Waals surface area contributed by atoms with E-state index < -0.39 is 11.7 Å². The van der Waals surface area contributed by atoms with Crippen LogP contribution in [-0.2, 0) is 14.3 Å². The zero-order chi connectivity index (χ0) is 14.9. The van der Waals surface area contributed by atoms with Gasteiger partial charge in [0, 0.05) is 6.07 Å². The quantitative estimate of drug-likeness (QED) is 0.801. The van der Waals surface area contributed by atoms with E-state index in [9.17, 15) is 19.8 Å². The van der Waals surface area contributed by atoms with Crippen molar-refractivity contribution in [1.29, 1.82) is 0 Å². The van der Waals surface area contributed by atoms with Crippen molar-refractivity contribution in [2.24, 2.45) is 0 Å². The van der Waals surface area contributed by atoms with Crippen LogP contribution in [0.2, 0.25) is 0 Å².